The summed E-state index contributed by atoms with van der Waals surface area (Å²) in [6.45, 7) is 7.11. The molecule has 120 valence electrons. The van der Waals surface area contributed by atoms with Gasteiger partial charge in [-0.2, -0.15) is 10.2 Å². The van der Waals surface area contributed by atoms with Crippen molar-refractivity contribution in [2.24, 2.45) is 13.0 Å². The molecule has 0 spiro atoms. The smallest absolute Gasteiger partial charge is 0.0597 e. The fourth-order valence-corrected chi connectivity index (χ4v) is 3.41. The Morgan fingerprint density at radius 3 is 2.82 bits per heavy atom. The predicted octanol–water partition coefficient (Wildman–Crippen LogP) is 1.12. The summed E-state index contributed by atoms with van der Waals surface area (Å²) >= 11 is 0. The lowest BCUT2D eigenvalue weighted by molar-refractivity contribution is 0.190. The van der Waals surface area contributed by atoms with Gasteiger partial charge in [-0.15, -0.1) is 0 Å². The highest BCUT2D eigenvalue weighted by atomic mass is 15.3. The summed E-state index contributed by atoms with van der Waals surface area (Å²) in [5, 5.41) is 8.96. The standard InChI is InChI=1S/C16H26N6/c1-13-7-16(20(4)18-13)12-21-9-14(8-19(2)3)10-22-15(11-21)5-6-17-22/h5-7,14H,8-12H2,1-4H3/t14-/m0/s1. The first-order valence-corrected chi connectivity index (χ1v) is 7.88. The third-order valence-electron chi connectivity index (χ3n) is 4.25. The summed E-state index contributed by atoms with van der Waals surface area (Å²) in [6.07, 6.45) is 1.92. The molecule has 6 heteroatoms. The molecule has 1 aliphatic heterocycles. The molecule has 6 nitrogen and oxygen atoms in total. The van der Waals surface area contributed by atoms with E-state index in [1.807, 2.05) is 17.9 Å². The first-order valence-electron chi connectivity index (χ1n) is 7.88. The highest BCUT2D eigenvalue weighted by Gasteiger charge is 2.23. The van der Waals surface area contributed by atoms with Crippen molar-refractivity contribution in [1.82, 2.24) is 29.4 Å². The molecular weight excluding hydrogens is 276 g/mol. The van der Waals surface area contributed by atoms with Crippen molar-refractivity contribution in [2.45, 2.75) is 26.6 Å². The van der Waals surface area contributed by atoms with Crippen LogP contribution in [0.1, 0.15) is 17.1 Å². The second-order valence-corrected chi connectivity index (χ2v) is 6.70. The van der Waals surface area contributed by atoms with Crippen molar-refractivity contribution in [2.75, 3.05) is 27.2 Å². The van der Waals surface area contributed by atoms with Gasteiger partial charge in [0.25, 0.3) is 0 Å². The molecule has 22 heavy (non-hydrogen) atoms. The van der Waals surface area contributed by atoms with Crippen LogP contribution < -0.4 is 0 Å². The van der Waals surface area contributed by atoms with E-state index in [9.17, 15) is 0 Å². The van der Waals surface area contributed by atoms with E-state index in [-0.39, 0.29) is 0 Å². The van der Waals surface area contributed by atoms with Crippen molar-refractivity contribution >= 4 is 0 Å². The van der Waals surface area contributed by atoms with Gasteiger partial charge in [-0.05, 0) is 33.2 Å². The van der Waals surface area contributed by atoms with Crippen molar-refractivity contribution in [3.8, 4) is 0 Å². The van der Waals surface area contributed by atoms with E-state index in [0.29, 0.717) is 5.92 Å². The van der Waals surface area contributed by atoms with Crippen molar-refractivity contribution < 1.29 is 0 Å². The largest absolute Gasteiger partial charge is 0.309 e. The second kappa shape index (κ2) is 6.22. The lowest BCUT2D eigenvalue weighted by Crippen LogP contribution is -2.34. The number of fused-ring (bicyclic) bond motifs is 1. The van der Waals surface area contributed by atoms with Crippen LogP contribution >= 0.6 is 0 Å². The van der Waals surface area contributed by atoms with E-state index in [4.69, 9.17) is 0 Å². The highest BCUT2D eigenvalue weighted by molar-refractivity contribution is 5.09. The third kappa shape index (κ3) is 3.39. The van der Waals surface area contributed by atoms with Gasteiger partial charge in [0.15, 0.2) is 0 Å². The van der Waals surface area contributed by atoms with Crippen LogP contribution in [0.2, 0.25) is 0 Å². The van der Waals surface area contributed by atoms with Crippen LogP contribution in [0.25, 0.3) is 0 Å². The fourth-order valence-electron chi connectivity index (χ4n) is 3.41. The van der Waals surface area contributed by atoms with Gasteiger partial charge in [0, 0.05) is 51.9 Å². The molecule has 0 amide bonds. The molecule has 0 aliphatic carbocycles. The lowest BCUT2D eigenvalue weighted by atomic mass is 10.1. The van der Waals surface area contributed by atoms with Crippen LogP contribution in [-0.2, 0) is 26.7 Å². The zero-order valence-corrected chi connectivity index (χ0v) is 14.0. The van der Waals surface area contributed by atoms with E-state index in [0.717, 1.165) is 38.4 Å². The van der Waals surface area contributed by atoms with E-state index in [2.05, 4.69) is 57.8 Å². The maximum absolute atomic E-state index is 4.49. The number of aryl methyl sites for hydroxylation is 2. The molecule has 0 radical (unpaired) electrons. The molecule has 0 bridgehead atoms. The first-order chi connectivity index (χ1) is 10.5. The van der Waals surface area contributed by atoms with Gasteiger partial charge in [0.2, 0.25) is 0 Å². The molecular formula is C16H26N6. The summed E-state index contributed by atoms with van der Waals surface area (Å²) < 4.78 is 4.17. The SMILES string of the molecule is Cc1cc(CN2Cc3ccnn3C[C@@H](CN(C)C)C2)n(C)n1. The zero-order valence-electron chi connectivity index (χ0n) is 14.0. The highest BCUT2D eigenvalue weighted by Crippen LogP contribution is 2.18. The summed E-state index contributed by atoms with van der Waals surface area (Å²) in [5.41, 5.74) is 3.66. The molecule has 0 unspecified atom stereocenters. The predicted molar refractivity (Wildman–Crippen MR) is 86.3 cm³/mol. The summed E-state index contributed by atoms with van der Waals surface area (Å²) in [7, 11) is 6.31. The molecule has 0 N–H and O–H groups in total. The van der Waals surface area contributed by atoms with Crippen LogP contribution in [0.3, 0.4) is 0 Å². The Kier molecular flexibility index (Phi) is 4.31. The Labute approximate surface area is 132 Å². The monoisotopic (exact) mass is 302 g/mol. The van der Waals surface area contributed by atoms with Gasteiger partial charge in [-0.1, -0.05) is 0 Å². The van der Waals surface area contributed by atoms with Crippen molar-refractivity contribution in [3.05, 3.63) is 35.4 Å². The molecule has 0 saturated heterocycles. The van der Waals surface area contributed by atoms with Crippen molar-refractivity contribution in [3.63, 3.8) is 0 Å². The van der Waals surface area contributed by atoms with Gasteiger partial charge in [-0.3, -0.25) is 14.3 Å². The van der Waals surface area contributed by atoms with E-state index >= 15 is 0 Å². The van der Waals surface area contributed by atoms with Crippen LogP contribution in [0.5, 0.6) is 0 Å². The number of nitrogens with zero attached hydrogens (tertiary/aromatic N) is 6. The van der Waals surface area contributed by atoms with Crippen molar-refractivity contribution in [1.29, 1.82) is 0 Å². The summed E-state index contributed by atoms with van der Waals surface area (Å²) in [4.78, 5) is 4.79. The molecule has 1 atom stereocenters. The maximum Gasteiger partial charge on any atom is 0.0597 e. The van der Waals surface area contributed by atoms with E-state index in [1.54, 1.807) is 0 Å². The Morgan fingerprint density at radius 1 is 1.32 bits per heavy atom. The molecule has 2 aromatic heterocycles. The Balaban J connectivity index is 1.79. The topological polar surface area (TPSA) is 42.1 Å². The van der Waals surface area contributed by atoms with E-state index in [1.165, 1.54) is 11.4 Å². The minimum absolute atomic E-state index is 0.588. The number of aromatic nitrogens is 4. The fraction of sp³-hybridized carbons (Fsp3) is 0.625. The average molecular weight is 302 g/mol. The van der Waals surface area contributed by atoms with Gasteiger partial charge in [0.05, 0.1) is 17.1 Å². The van der Waals surface area contributed by atoms with Crippen LogP contribution in [0.4, 0.5) is 0 Å². The maximum atomic E-state index is 4.49. The molecule has 3 rings (SSSR count). The molecule has 1 aliphatic rings. The molecule has 2 aromatic rings. The number of rotatable bonds is 4. The summed E-state index contributed by atoms with van der Waals surface area (Å²) in [6, 6.07) is 4.32. The molecule has 3 heterocycles. The second-order valence-electron chi connectivity index (χ2n) is 6.70. The molecule has 0 aromatic carbocycles. The minimum Gasteiger partial charge on any atom is -0.309 e. The Bertz CT molecular complexity index is 626. The Morgan fingerprint density at radius 2 is 2.14 bits per heavy atom. The van der Waals surface area contributed by atoms with Crippen LogP contribution in [-0.4, -0.2) is 56.5 Å². The van der Waals surface area contributed by atoms with Crippen LogP contribution in [0.15, 0.2) is 18.3 Å². The Hall–Kier alpha value is -1.66. The average Bonchev–Trinajstić information content (AvgIpc) is 2.92. The van der Waals surface area contributed by atoms with Gasteiger partial charge >= 0.3 is 0 Å². The zero-order chi connectivity index (χ0) is 15.7. The summed E-state index contributed by atoms with van der Waals surface area (Å²) in [5.74, 6) is 0.588. The molecule has 0 saturated carbocycles. The van der Waals surface area contributed by atoms with Gasteiger partial charge < -0.3 is 4.90 Å². The van der Waals surface area contributed by atoms with E-state index < -0.39 is 0 Å². The lowest BCUT2D eigenvalue weighted by Gasteiger charge is -2.25. The third-order valence-corrected chi connectivity index (χ3v) is 4.25. The van der Waals surface area contributed by atoms with Gasteiger partial charge in [-0.25, -0.2) is 0 Å². The first kappa shape index (κ1) is 15.2. The number of hydrogen-bond donors (Lipinski definition) is 0. The number of hydrogen-bond acceptors (Lipinski definition) is 4. The quantitative estimate of drug-likeness (QED) is 0.849. The minimum atomic E-state index is 0.588. The van der Waals surface area contributed by atoms with Crippen LogP contribution in [0, 0.1) is 12.8 Å². The normalized spacial score (nSPS) is 19.4. The molecule has 0 fully saturated rings. The van der Waals surface area contributed by atoms with Gasteiger partial charge in [0.1, 0.15) is 0 Å².